The molecule has 156 valence electrons. The molecule has 1 aliphatic rings. The highest BCUT2D eigenvalue weighted by Gasteiger charge is 2.40. The Kier molecular flexibility index (Phi) is 6.73. The second-order valence-corrected chi connectivity index (χ2v) is 10.1. The van der Waals surface area contributed by atoms with Crippen LogP contribution in [0.1, 0.15) is 19.3 Å². The number of primary amides is 1. The van der Waals surface area contributed by atoms with E-state index in [4.69, 9.17) is 33.7 Å². The highest BCUT2D eigenvalue weighted by atomic mass is 35.5. The summed E-state index contributed by atoms with van der Waals surface area (Å²) in [5.41, 5.74) is 4.95. The Hall–Kier alpha value is -1.80. The van der Waals surface area contributed by atoms with Crippen molar-refractivity contribution in [3.8, 4) is 5.75 Å². The van der Waals surface area contributed by atoms with E-state index in [1.807, 2.05) is 0 Å². The standard InChI is InChI=1S/C20H22Cl2N2O4S/c21-15-4-6-17(7-5-15)28-14-20(13-19(23)25)8-10-24(11-9-20)29(26,27)18-3-1-2-16(22)12-18/h1-7,12H,8-11,13-14H2,(H2,23,25). The van der Waals surface area contributed by atoms with Gasteiger partial charge in [0, 0.05) is 35.0 Å². The number of nitrogens with zero attached hydrogens (tertiary/aromatic N) is 1. The molecule has 0 atom stereocenters. The molecule has 0 aliphatic carbocycles. The molecule has 0 bridgehead atoms. The van der Waals surface area contributed by atoms with Crippen molar-refractivity contribution >= 4 is 39.1 Å². The number of carbonyl (C=O) groups is 1. The number of benzene rings is 2. The summed E-state index contributed by atoms with van der Waals surface area (Å²) in [5.74, 6) is 0.197. The van der Waals surface area contributed by atoms with E-state index in [9.17, 15) is 13.2 Å². The SMILES string of the molecule is NC(=O)CC1(COc2ccc(Cl)cc2)CCN(S(=O)(=O)c2cccc(Cl)c2)CC1. The molecule has 2 N–H and O–H groups in total. The zero-order valence-corrected chi connectivity index (χ0v) is 18.0. The van der Waals surface area contributed by atoms with Crippen LogP contribution in [0.3, 0.4) is 0 Å². The van der Waals surface area contributed by atoms with Gasteiger partial charge in [0.15, 0.2) is 0 Å². The van der Waals surface area contributed by atoms with Crippen LogP contribution in [-0.4, -0.2) is 38.3 Å². The number of sulfonamides is 1. The Morgan fingerprint density at radius 1 is 1.07 bits per heavy atom. The Labute approximate surface area is 180 Å². The van der Waals surface area contributed by atoms with Crippen molar-refractivity contribution in [3.05, 3.63) is 58.6 Å². The molecule has 1 saturated heterocycles. The molecule has 9 heteroatoms. The van der Waals surface area contributed by atoms with Crippen LogP contribution in [0.25, 0.3) is 0 Å². The predicted octanol–water partition coefficient (Wildman–Crippen LogP) is 3.72. The summed E-state index contributed by atoms with van der Waals surface area (Å²) in [5, 5.41) is 0.964. The van der Waals surface area contributed by atoms with Crippen LogP contribution in [0.4, 0.5) is 0 Å². The van der Waals surface area contributed by atoms with Crippen molar-refractivity contribution in [3.63, 3.8) is 0 Å². The van der Waals surface area contributed by atoms with Crippen molar-refractivity contribution in [1.29, 1.82) is 0 Å². The first kappa shape index (κ1) is 21.9. The number of nitrogens with two attached hydrogens (primary N) is 1. The second kappa shape index (κ2) is 8.92. The third kappa shape index (κ3) is 5.42. The van der Waals surface area contributed by atoms with Gasteiger partial charge >= 0.3 is 0 Å². The molecule has 0 aromatic heterocycles. The van der Waals surface area contributed by atoms with Crippen LogP contribution in [0.15, 0.2) is 53.4 Å². The van der Waals surface area contributed by atoms with Crippen molar-refractivity contribution in [2.24, 2.45) is 11.1 Å². The molecule has 6 nitrogen and oxygen atoms in total. The van der Waals surface area contributed by atoms with E-state index in [2.05, 4.69) is 0 Å². The molecule has 0 radical (unpaired) electrons. The van der Waals surface area contributed by atoms with Crippen molar-refractivity contribution < 1.29 is 17.9 Å². The molecule has 0 unspecified atom stereocenters. The number of hydrogen-bond acceptors (Lipinski definition) is 4. The zero-order valence-electron chi connectivity index (χ0n) is 15.7. The molecule has 3 rings (SSSR count). The molecule has 1 fully saturated rings. The summed E-state index contributed by atoms with van der Waals surface area (Å²) in [7, 11) is -3.66. The number of ether oxygens (including phenoxy) is 1. The lowest BCUT2D eigenvalue weighted by Crippen LogP contribution is -2.47. The number of carbonyl (C=O) groups excluding carboxylic acids is 1. The van der Waals surface area contributed by atoms with Crippen LogP contribution in [0.2, 0.25) is 10.0 Å². The molecule has 1 heterocycles. The zero-order chi connectivity index (χ0) is 21.1. The normalized spacial score (nSPS) is 17.0. The van der Waals surface area contributed by atoms with Gasteiger partial charge < -0.3 is 10.5 Å². The first-order chi connectivity index (χ1) is 13.7. The Morgan fingerprint density at radius 2 is 1.72 bits per heavy atom. The maximum atomic E-state index is 12.9. The fourth-order valence-electron chi connectivity index (χ4n) is 3.49. The molecule has 1 amide bonds. The van der Waals surface area contributed by atoms with Gasteiger partial charge in [-0.2, -0.15) is 4.31 Å². The first-order valence-electron chi connectivity index (χ1n) is 9.13. The largest absolute Gasteiger partial charge is 0.493 e. The van der Waals surface area contributed by atoms with Crippen LogP contribution in [0, 0.1) is 5.41 Å². The van der Waals surface area contributed by atoms with Gasteiger partial charge in [0.1, 0.15) is 5.75 Å². The van der Waals surface area contributed by atoms with E-state index in [0.29, 0.717) is 28.6 Å². The lowest BCUT2D eigenvalue weighted by Gasteiger charge is -2.40. The summed E-state index contributed by atoms with van der Waals surface area (Å²) in [6, 6.07) is 13.1. The number of amides is 1. The van der Waals surface area contributed by atoms with Gasteiger partial charge in [-0.15, -0.1) is 0 Å². The summed E-state index contributed by atoms with van der Waals surface area (Å²) in [4.78, 5) is 11.8. The fourth-order valence-corrected chi connectivity index (χ4v) is 5.36. The van der Waals surface area contributed by atoms with E-state index in [0.717, 1.165) is 0 Å². The number of halogens is 2. The van der Waals surface area contributed by atoms with E-state index in [1.54, 1.807) is 36.4 Å². The maximum absolute atomic E-state index is 12.9. The molecular weight excluding hydrogens is 435 g/mol. The second-order valence-electron chi connectivity index (χ2n) is 7.25. The third-order valence-electron chi connectivity index (χ3n) is 5.12. The monoisotopic (exact) mass is 456 g/mol. The minimum atomic E-state index is -3.66. The molecule has 0 saturated carbocycles. The Balaban J connectivity index is 1.72. The smallest absolute Gasteiger partial charge is 0.243 e. The molecule has 0 spiro atoms. The van der Waals surface area contributed by atoms with Crippen LogP contribution in [-0.2, 0) is 14.8 Å². The minimum absolute atomic E-state index is 0.131. The highest BCUT2D eigenvalue weighted by Crippen LogP contribution is 2.37. The molecule has 2 aromatic rings. The predicted molar refractivity (Wildman–Crippen MR) is 113 cm³/mol. The maximum Gasteiger partial charge on any atom is 0.243 e. The van der Waals surface area contributed by atoms with Gasteiger partial charge in [0.05, 0.1) is 11.5 Å². The van der Waals surface area contributed by atoms with Crippen molar-refractivity contribution in [2.45, 2.75) is 24.2 Å². The molecule has 2 aromatic carbocycles. The average molecular weight is 457 g/mol. The highest BCUT2D eigenvalue weighted by molar-refractivity contribution is 7.89. The van der Waals surface area contributed by atoms with Gasteiger partial charge in [-0.25, -0.2) is 8.42 Å². The van der Waals surface area contributed by atoms with E-state index in [1.165, 1.54) is 16.4 Å². The number of piperidine rings is 1. The van der Waals surface area contributed by atoms with Crippen LogP contribution < -0.4 is 10.5 Å². The van der Waals surface area contributed by atoms with Gasteiger partial charge in [-0.1, -0.05) is 29.3 Å². The number of rotatable bonds is 7. The molecule has 29 heavy (non-hydrogen) atoms. The molecular formula is C20H22Cl2N2O4S. The fraction of sp³-hybridized carbons (Fsp3) is 0.350. The summed E-state index contributed by atoms with van der Waals surface area (Å²) in [6.45, 7) is 0.806. The first-order valence-corrected chi connectivity index (χ1v) is 11.3. The summed E-state index contributed by atoms with van der Waals surface area (Å²) >= 11 is 11.8. The van der Waals surface area contributed by atoms with Gasteiger partial charge in [0.2, 0.25) is 15.9 Å². The van der Waals surface area contributed by atoms with Crippen molar-refractivity contribution in [2.75, 3.05) is 19.7 Å². The van der Waals surface area contributed by atoms with Crippen molar-refractivity contribution in [1.82, 2.24) is 4.31 Å². The lowest BCUT2D eigenvalue weighted by atomic mass is 9.76. The quantitative estimate of drug-likeness (QED) is 0.687. The summed E-state index contributed by atoms with van der Waals surface area (Å²) in [6.07, 6.45) is 1.05. The lowest BCUT2D eigenvalue weighted by molar-refractivity contribution is -0.121. The van der Waals surface area contributed by atoms with Crippen LogP contribution in [0.5, 0.6) is 5.75 Å². The Bertz CT molecular complexity index is 972. The minimum Gasteiger partial charge on any atom is -0.493 e. The molecule has 1 aliphatic heterocycles. The third-order valence-corrected chi connectivity index (χ3v) is 7.51. The topological polar surface area (TPSA) is 89.7 Å². The van der Waals surface area contributed by atoms with Crippen LogP contribution >= 0.6 is 23.2 Å². The van der Waals surface area contributed by atoms with E-state index >= 15 is 0 Å². The van der Waals surface area contributed by atoms with Gasteiger partial charge in [-0.3, -0.25) is 4.79 Å². The Morgan fingerprint density at radius 3 is 2.31 bits per heavy atom. The summed E-state index contributed by atoms with van der Waals surface area (Å²) < 4.78 is 33.1. The van der Waals surface area contributed by atoms with Gasteiger partial charge in [0.25, 0.3) is 0 Å². The average Bonchev–Trinajstić information content (AvgIpc) is 2.67. The van der Waals surface area contributed by atoms with Gasteiger partial charge in [-0.05, 0) is 55.3 Å². The number of hydrogen-bond donors (Lipinski definition) is 1. The van der Waals surface area contributed by atoms with E-state index < -0.39 is 21.3 Å². The van der Waals surface area contributed by atoms with E-state index in [-0.39, 0.29) is 31.0 Å².